The van der Waals surface area contributed by atoms with Crippen molar-refractivity contribution in [2.24, 2.45) is 11.7 Å². The van der Waals surface area contributed by atoms with Gasteiger partial charge in [-0.15, -0.1) is 0 Å². The normalized spacial score (nSPS) is 23.5. The van der Waals surface area contributed by atoms with Gasteiger partial charge in [0.1, 0.15) is 38.3 Å². The van der Waals surface area contributed by atoms with Crippen LogP contribution in [0.5, 0.6) is 0 Å². The highest BCUT2D eigenvalue weighted by atomic mass is 16.6. The third kappa shape index (κ3) is 7.11. The summed E-state index contributed by atoms with van der Waals surface area (Å²) < 4.78 is 16.0. The molecule has 2 amide bonds. The van der Waals surface area contributed by atoms with Crippen molar-refractivity contribution < 1.29 is 28.6 Å². The maximum atomic E-state index is 12.4. The Labute approximate surface area is 192 Å². The van der Waals surface area contributed by atoms with E-state index in [4.69, 9.17) is 19.9 Å². The number of amides is 2. The minimum Gasteiger partial charge on any atom is -0.462 e. The van der Waals surface area contributed by atoms with Gasteiger partial charge in [0, 0.05) is 0 Å². The highest BCUT2D eigenvalue weighted by Crippen LogP contribution is 2.12. The van der Waals surface area contributed by atoms with E-state index in [1.54, 1.807) is 13.8 Å². The van der Waals surface area contributed by atoms with Crippen LogP contribution in [0.2, 0.25) is 0 Å². The van der Waals surface area contributed by atoms with Gasteiger partial charge >= 0.3 is 12.1 Å². The minimum absolute atomic E-state index is 0.0194. The van der Waals surface area contributed by atoms with Crippen LogP contribution in [-0.2, 0) is 30.4 Å². The molecule has 2 aliphatic heterocycles. The zero-order chi connectivity index (χ0) is 23.8. The fourth-order valence-corrected chi connectivity index (χ4v) is 3.53. The fraction of sp³-hybridized carbons (Fsp3) is 0.571. The molecule has 2 heterocycles. The highest BCUT2D eigenvalue weighted by Gasteiger charge is 2.42. The van der Waals surface area contributed by atoms with E-state index >= 15 is 0 Å². The van der Waals surface area contributed by atoms with Crippen LogP contribution in [0.3, 0.4) is 0 Å². The summed E-state index contributed by atoms with van der Waals surface area (Å²) in [6, 6.07) is 8.00. The van der Waals surface area contributed by atoms with Crippen LogP contribution in [-0.4, -0.2) is 74.0 Å². The third-order valence-electron chi connectivity index (χ3n) is 5.29. The topological polar surface area (TPSA) is 156 Å². The molecule has 3 rings (SSSR count). The molecule has 1 aromatic carbocycles. The van der Waals surface area contributed by atoms with E-state index in [1.165, 1.54) is 0 Å². The predicted molar refractivity (Wildman–Crippen MR) is 117 cm³/mol. The molecular weight excluding hydrogens is 432 g/mol. The number of rotatable bonds is 10. The summed E-state index contributed by atoms with van der Waals surface area (Å²) >= 11 is 0. The van der Waals surface area contributed by atoms with Crippen molar-refractivity contribution in [2.45, 2.75) is 45.0 Å². The highest BCUT2D eigenvalue weighted by molar-refractivity contribution is 5.84. The molecule has 0 aliphatic carbocycles. The van der Waals surface area contributed by atoms with Gasteiger partial charge in [0.2, 0.25) is 5.91 Å². The van der Waals surface area contributed by atoms with E-state index in [2.05, 4.69) is 21.3 Å². The number of hydrogen-bond donors (Lipinski definition) is 5. The zero-order valence-corrected chi connectivity index (χ0v) is 18.8. The van der Waals surface area contributed by atoms with E-state index < -0.39 is 30.4 Å². The van der Waals surface area contributed by atoms with Crippen molar-refractivity contribution in [3.63, 3.8) is 0 Å². The first-order chi connectivity index (χ1) is 15.8. The second-order valence-electron chi connectivity index (χ2n) is 8.16. The average Bonchev–Trinajstić information content (AvgIpc) is 3.19. The lowest BCUT2D eigenvalue weighted by molar-refractivity contribution is -0.149. The molecular formula is C21H32N6O6. The molecule has 2 saturated heterocycles. The first kappa shape index (κ1) is 24.9. The summed E-state index contributed by atoms with van der Waals surface area (Å²) in [6.07, 6.45) is -1.60. The number of nitrogens with zero attached hydrogens (tertiary/aromatic N) is 1. The number of nitrogens with one attached hydrogen (secondary N) is 4. The maximum Gasteiger partial charge on any atom is 0.408 e. The Morgan fingerprint density at radius 3 is 2.70 bits per heavy atom. The number of esters is 1. The SMILES string of the molecule is CC(C)[C@H](NC(=O)OCc1ccccc1)C(=O)OCCOCN1CNC2C(=O)NC(N)NC21. The first-order valence-corrected chi connectivity index (χ1v) is 10.9. The molecule has 182 valence electrons. The molecule has 0 spiro atoms. The Bertz CT molecular complexity index is 810. The number of carbonyl (C=O) groups excluding carboxylic acids is 3. The average molecular weight is 465 g/mol. The van der Waals surface area contributed by atoms with Crippen molar-refractivity contribution in [1.29, 1.82) is 0 Å². The number of hydrogen-bond acceptors (Lipinski definition) is 10. The van der Waals surface area contributed by atoms with Gasteiger partial charge in [-0.05, 0) is 11.5 Å². The van der Waals surface area contributed by atoms with Crippen LogP contribution in [0.1, 0.15) is 19.4 Å². The fourth-order valence-electron chi connectivity index (χ4n) is 3.53. The van der Waals surface area contributed by atoms with E-state index in [1.807, 2.05) is 35.2 Å². The van der Waals surface area contributed by atoms with Gasteiger partial charge < -0.3 is 24.8 Å². The minimum atomic E-state index is -0.844. The Balaban J connectivity index is 1.35. The van der Waals surface area contributed by atoms with E-state index in [0.29, 0.717) is 6.67 Å². The number of fused-ring (bicyclic) bond motifs is 1. The summed E-state index contributed by atoms with van der Waals surface area (Å²) in [4.78, 5) is 38.4. The Morgan fingerprint density at radius 2 is 1.97 bits per heavy atom. The molecule has 33 heavy (non-hydrogen) atoms. The lowest BCUT2D eigenvalue weighted by atomic mass is 10.1. The monoisotopic (exact) mass is 464 g/mol. The number of benzene rings is 1. The largest absolute Gasteiger partial charge is 0.462 e. The van der Waals surface area contributed by atoms with Crippen LogP contribution >= 0.6 is 0 Å². The van der Waals surface area contributed by atoms with Gasteiger partial charge in [-0.1, -0.05) is 44.2 Å². The van der Waals surface area contributed by atoms with Gasteiger partial charge in [0.15, 0.2) is 0 Å². The van der Waals surface area contributed by atoms with Gasteiger partial charge in [-0.3, -0.25) is 26.1 Å². The van der Waals surface area contributed by atoms with Crippen LogP contribution < -0.4 is 27.0 Å². The number of ether oxygens (including phenoxy) is 3. The number of alkyl carbamates (subject to hydrolysis) is 1. The van der Waals surface area contributed by atoms with Crippen LogP contribution in [0.4, 0.5) is 4.79 Å². The summed E-state index contributed by atoms with van der Waals surface area (Å²) in [7, 11) is 0. The number of carbonyl (C=O) groups is 3. The van der Waals surface area contributed by atoms with Crippen molar-refractivity contribution in [2.75, 3.05) is 26.6 Å². The molecule has 6 N–H and O–H groups in total. The van der Waals surface area contributed by atoms with Crippen molar-refractivity contribution in [1.82, 2.24) is 26.2 Å². The lowest BCUT2D eigenvalue weighted by Crippen LogP contribution is -2.70. The Morgan fingerprint density at radius 1 is 1.21 bits per heavy atom. The van der Waals surface area contributed by atoms with E-state index in [0.717, 1.165) is 5.56 Å². The molecule has 2 fully saturated rings. The van der Waals surface area contributed by atoms with Crippen LogP contribution in [0, 0.1) is 5.92 Å². The van der Waals surface area contributed by atoms with Gasteiger partial charge in [-0.2, -0.15) is 0 Å². The smallest absolute Gasteiger partial charge is 0.408 e. The molecule has 0 saturated carbocycles. The Hall–Kier alpha value is -2.77. The first-order valence-electron chi connectivity index (χ1n) is 10.9. The molecule has 12 heteroatoms. The van der Waals surface area contributed by atoms with Gasteiger partial charge in [0.25, 0.3) is 0 Å². The molecule has 12 nitrogen and oxygen atoms in total. The van der Waals surface area contributed by atoms with Crippen LogP contribution in [0.25, 0.3) is 0 Å². The lowest BCUT2D eigenvalue weighted by Gasteiger charge is -2.34. The summed E-state index contributed by atoms with van der Waals surface area (Å²) in [5.74, 6) is -0.926. The molecule has 0 bridgehead atoms. The summed E-state index contributed by atoms with van der Waals surface area (Å²) in [5, 5.41) is 11.3. The van der Waals surface area contributed by atoms with Gasteiger partial charge in [-0.25, -0.2) is 9.59 Å². The summed E-state index contributed by atoms with van der Waals surface area (Å²) in [5.41, 5.74) is 6.60. The molecule has 4 atom stereocenters. The van der Waals surface area contributed by atoms with E-state index in [-0.39, 0.29) is 44.5 Å². The quantitative estimate of drug-likeness (QED) is 0.214. The second kappa shape index (κ2) is 11.9. The molecule has 0 aromatic heterocycles. The maximum absolute atomic E-state index is 12.4. The summed E-state index contributed by atoms with van der Waals surface area (Å²) in [6.45, 7) is 4.55. The number of nitrogens with two attached hydrogens (primary N) is 1. The van der Waals surface area contributed by atoms with E-state index in [9.17, 15) is 14.4 Å². The molecule has 1 aromatic rings. The molecule has 0 radical (unpaired) electrons. The molecule has 3 unspecified atom stereocenters. The van der Waals surface area contributed by atoms with Crippen molar-refractivity contribution >= 4 is 18.0 Å². The van der Waals surface area contributed by atoms with Crippen LogP contribution in [0.15, 0.2) is 30.3 Å². The molecule has 2 aliphatic rings. The standard InChI is InChI=1S/C21H32N6O6/c1-13(2)15(24-21(30)33-10-14-6-4-3-5-7-14)19(29)32-9-8-31-12-27-11-23-16-17(27)25-20(22)26-18(16)28/h3-7,13,15-17,20,23,25H,8-12,22H2,1-2H3,(H,24,30)(H,26,28)/t15-,16?,17?,20?/m0/s1. The third-order valence-corrected chi connectivity index (χ3v) is 5.29. The second-order valence-corrected chi connectivity index (χ2v) is 8.16. The van der Waals surface area contributed by atoms with Crippen molar-refractivity contribution in [3.05, 3.63) is 35.9 Å². The zero-order valence-electron chi connectivity index (χ0n) is 18.8. The van der Waals surface area contributed by atoms with Crippen molar-refractivity contribution in [3.8, 4) is 0 Å². The predicted octanol–water partition coefficient (Wildman–Crippen LogP) is -1.03. The Kier molecular flexibility index (Phi) is 8.97. The van der Waals surface area contributed by atoms with Gasteiger partial charge in [0.05, 0.1) is 19.4 Å².